The van der Waals surface area contributed by atoms with Crippen LogP contribution in [0.1, 0.15) is 36.1 Å². The molecule has 0 saturated heterocycles. The zero-order valence-corrected chi connectivity index (χ0v) is 26.9. The van der Waals surface area contributed by atoms with Crippen molar-refractivity contribution >= 4 is 31.1 Å². The van der Waals surface area contributed by atoms with E-state index in [4.69, 9.17) is 0 Å². The van der Waals surface area contributed by atoms with Crippen LogP contribution in [0.25, 0.3) is 21.5 Å². The van der Waals surface area contributed by atoms with Gasteiger partial charge in [-0.15, -0.1) is 81.2 Å². The molecule has 0 heterocycles. The van der Waals surface area contributed by atoms with E-state index in [-0.39, 0.29) is 74.2 Å². The molecule has 0 fully saturated rings. The SMILES string of the molecule is CCc1[cH-]c2ccccc2c1C.CCc1[cH-]c2ccccc2c1C.C[SiH]C.[I-].[I-].[Zr+4]. The molecule has 0 nitrogen and oxygen atoms in total. The molecule has 4 aromatic carbocycles. The van der Waals surface area contributed by atoms with Gasteiger partial charge in [-0.2, -0.15) is 11.1 Å². The van der Waals surface area contributed by atoms with Gasteiger partial charge in [-0.3, -0.25) is 0 Å². The van der Waals surface area contributed by atoms with Gasteiger partial charge in [-0.05, 0) is 12.8 Å². The number of benzene rings is 2. The Morgan fingerprint density at radius 1 is 0.667 bits per heavy atom. The third-order valence-corrected chi connectivity index (χ3v) is 5.11. The maximum Gasteiger partial charge on any atom is 4.00 e. The Labute approximate surface area is 239 Å². The van der Waals surface area contributed by atoms with Crippen LogP contribution in [0.4, 0.5) is 0 Å². The first kappa shape index (κ1) is 32.4. The fraction of sp³-hybridized carbons (Fsp3) is 0.308. The molecule has 159 valence electrons. The Hall–Kier alpha value is 0.220. The van der Waals surface area contributed by atoms with E-state index in [1.165, 1.54) is 43.8 Å². The van der Waals surface area contributed by atoms with Crippen molar-refractivity contribution in [2.75, 3.05) is 0 Å². The van der Waals surface area contributed by atoms with Crippen LogP contribution >= 0.6 is 0 Å². The first-order valence-corrected chi connectivity index (χ1v) is 12.4. The molecule has 4 heteroatoms. The van der Waals surface area contributed by atoms with Gasteiger partial charge in [-0.1, -0.05) is 52.9 Å². The minimum atomic E-state index is 0. The number of hydrogen-bond donors (Lipinski definition) is 0. The summed E-state index contributed by atoms with van der Waals surface area (Å²) in [6, 6.07) is 21.8. The van der Waals surface area contributed by atoms with E-state index in [1.807, 2.05) is 0 Å². The number of aryl methyl sites for hydroxylation is 4. The molecule has 4 aromatic rings. The molecule has 0 aromatic heterocycles. The first-order chi connectivity index (χ1) is 13.1. The quantitative estimate of drug-likeness (QED) is 0.167. The molecule has 4 rings (SSSR count). The predicted molar refractivity (Wildman–Crippen MR) is 126 cm³/mol. The first-order valence-electron chi connectivity index (χ1n) is 10.1. The molecule has 0 atom stereocenters. The van der Waals surface area contributed by atoms with Crippen molar-refractivity contribution in [1.29, 1.82) is 0 Å². The van der Waals surface area contributed by atoms with E-state index >= 15 is 0 Å². The van der Waals surface area contributed by atoms with E-state index in [9.17, 15) is 0 Å². The fourth-order valence-corrected chi connectivity index (χ4v) is 3.60. The molecule has 0 aliphatic rings. The molecule has 0 bridgehead atoms. The van der Waals surface area contributed by atoms with Gasteiger partial charge in [0.05, 0.1) is 0 Å². The summed E-state index contributed by atoms with van der Waals surface area (Å²) in [5.41, 5.74) is 5.87. The summed E-state index contributed by atoms with van der Waals surface area (Å²) in [6.45, 7) is 13.3. The number of halogens is 2. The minimum absolute atomic E-state index is 0. The number of hydrogen-bond acceptors (Lipinski definition) is 0. The van der Waals surface area contributed by atoms with Crippen LogP contribution in [0.2, 0.25) is 13.1 Å². The van der Waals surface area contributed by atoms with Crippen LogP contribution in [0.5, 0.6) is 0 Å². The van der Waals surface area contributed by atoms with Gasteiger partial charge in [0, 0.05) is 9.52 Å². The largest absolute Gasteiger partial charge is 4.00 e. The van der Waals surface area contributed by atoms with Gasteiger partial charge in [0.25, 0.3) is 0 Å². The van der Waals surface area contributed by atoms with Crippen LogP contribution < -0.4 is 48.0 Å². The molecule has 0 aliphatic carbocycles. The molecular weight excluding hydrogens is 685 g/mol. The van der Waals surface area contributed by atoms with Crippen molar-refractivity contribution in [1.82, 2.24) is 0 Å². The second kappa shape index (κ2) is 16.8. The summed E-state index contributed by atoms with van der Waals surface area (Å²) in [5, 5.41) is 5.59. The van der Waals surface area contributed by atoms with E-state index in [0.717, 1.165) is 22.4 Å². The Balaban J connectivity index is 0. The molecule has 0 saturated carbocycles. The number of rotatable bonds is 2. The zero-order valence-electron chi connectivity index (χ0n) is 19.0. The summed E-state index contributed by atoms with van der Waals surface area (Å²) >= 11 is 0. The van der Waals surface area contributed by atoms with Crippen LogP contribution in [-0.4, -0.2) is 9.52 Å². The third-order valence-electron chi connectivity index (χ3n) is 5.11. The van der Waals surface area contributed by atoms with Gasteiger partial charge < -0.3 is 48.0 Å². The summed E-state index contributed by atoms with van der Waals surface area (Å²) in [5.74, 6) is 0. The zero-order chi connectivity index (χ0) is 19.8. The summed E-state index contributed by atoms with van der Waals surface area (Å²) in [7, 11) is 0.750. The van der Waals surface area contributed by atoms with Gasteiger partial charge in [-0.25, -0.2) is 0 Å². The molecule has 30 heavy (non-hydrogen) atoms. The number of fused-ring (bicyclic) bond motifs is 2. The van der Waals surface area contributed by atoms with Crippen molar-refractivity contribution in [2.24, 2.45) is 0 Å². The Morgan fingerprint density at radius 2 is 0.967 bits per heavy atom. The topological polar surface area (TPSA) is 0 Å². The maximum absolute atomic E-state index is 2.30. The standard InChI is InChI=1S/2C12H13.C2H7Si.2HI.Zr/c2*1-3-10-8-11-6-4-5-7-12(11)9(10)2;1-3-2;;;/h2*4-8H,3H2,1-2H3;3H,1-2H3;2*1H;/q2*-1;;;;+4/p-2. The van der Waals surface area contributed by atoms with Crippen LogP contribution in [0.15, 0.2) is 60.7 Å². The predicted octanol–water partition coefficient (Wildman–Crippen LogP) is 1.38. The van der Waals surface area contributed by atoms with Crippen molar-refractivity contribution < 1.29 is 74.2 Å². The van der Waals surface area contributed by atoms with E-state index < -0.39 is 0 Å². The van der Waals surface area contributed by atoms with Crippen molar-refractivity contribution in [3.8, 4) is 0 Å². The molecule has 0 aliphatic heterocycles. The minimum Gasteiger partial charge on any atom is -1.00 e. The van der Waals surface area contributed by atoms with E-state index in [1.54, 1.807) is 0 Å². The van der Waals surface area contributed by atoms with Gasteiger partial charge in [0.2, 0.25) is 0 Å². The smallest absolute Gasteiger partial charge is 1.00 e. The Morgan fingerprint density at radius 3 is 1.23 bits per heavy atom. The summed E-state index contributed by atoms with van der Waals surface area (Å²) in [6.07, 6.45) is 2.28. The van der Waals surface area contributed by atoms with Gasteiger partial charge in [0.1, 0.15) is 0 Å². The molecule has 0 N–H and O–H groups in total. The molecule has 0 unspecified atom stereocenters. The third kappa shape index (κ3) is 8.29. The van der Waals surface area contributed by atoms with Gasteiger partial charge >= 0.3 is 26.2 Å². The van der Waals surface area contributed by atoms with E-state index in [0.29, 0.717) is 0 Å². The normalized spacial score (nSPS) is 9.27. The average molecular weight is 719 g/mol. The van der Waals surface area contributed by atoms with Crippen molar-refractivity contribution in [2.45, 2.75) is 53.6 Å². The maximum atomic E-state index is 2.30. The van der Waals surface area contributed by atoms with Crippen LogP contribution in [-0.2, 0) is 39.0 Å². The van der Waals surface area contributed by atoms with Crippen molar-refractivity contribution in [3.05, 3.63) is 82.9 Å². The fourth-order valence-electron chi connectivity index (χ4n) is 3.60. The Kier molecular flexibility index (Phi) is 18.1. The van der Waals surface area contributed by atoms with Crippen molar-refractivity contribution in [3.63, 3.8) is 0 Å². The molecule has 0 amide bonds. The second-order valence-electron chi connectivity index (χ2n) is 7.05. The molecule has 1 radical (unpaired) electrons. The van der Waals surface area contributed by atoms with Gasteiger partial charge in [0.15, 0.2) is 0 Å². The molecular formula is C26H33I2SiZr. The van der Waals surface area contributed by atoms with E-state index in [2.05, 4.69) is 101 Å². The van der Waals surface area contributed by atoms with Crippen LogP contribution in [0.3, 0.4) is 0 Å². The average Bonchev–Trinajstić information content (AvgIpc) is 3.20. The summed E-state index contributed by atoms with van der Waals surface area (Å²) < 4.78 is 0. The Bertz CT molecular complexity index is 905. The summed E-state index contributed by atoms with van der Waals surface area (Å²) in [4.78, 5) is 0. The van der Waals surface area contributed by atoms with Crippen LogP contribution in [0, 0.1) is 13.8 Å². The second-order valence-corrected chi connectivity index (χ2v) is 8.20. The monoisotopic (exact) mass is 717 g/mol. The molecule has 0 spiro atoms.